The third kappa shape index (κ3) is 2.08. The van der Waals surface area contributed by atoms with Gasteiger partial charge in [-0.25, -0.2) is 0 Å². The lowest BCUT2D eigenvalue weighted by Crippen LogP contribution is -1.99. The Morgan fingerprint density at radius 3 is 3.11 bits per heavy atom. The molecule has 0 fully saturated rings. The fraction of sp³-hybridized carbons (Fsp3) is 0. The molecule has 0 spiro atoms. The van der Waals surface area contributed by atoms with Crippen LogP contribution in [0.15, 0.2) is 11.7 Å². The minimum Gasteiger partial charge on any atom is -0.755 e. The first-order chi connectivity index (χ1) is 4.29. The molecule has 1 N–H and O–H groups in total. The molecule has 4 nitrogen and oxygen atoms in total. The second-order valence-electron chi connectivity index (χ2n) is 1.20. The van der Waals surface area contributed by atoms with Gasteiger partial charge in [-0.15, -0.1) is 11.3 Å². The molecule has 1 aromatic rings. The minimum absolute atomic E-state index is 0.531. The number of thiazole rings is 1. The van der Waals surface area contributed by atoms with Gasteiger partial charge in [0.1, 0.15) is 5.00 Å². The van der Waals surface area contributed by atoms with Crippen LogP contribution >= 0.6 is 11.3 Å². The van der Waals surface area contributed by atoms with Crippen molar-refractivity contribution in [2.24, 2.45) is 0 Å². The molecule has 0 aliphatic rings. The van der Waals surface area contributed by atoms with Crippen molar-refractivity contribution in [3.05, 3.63) is 11.7 Å². The Hall–Kier alpha value is -0.460. The number of rotatable bonds is 2. The lowest BCUT2D eigenvalue weighted by molar-refractivity contribution is 0.543. The first kappa shape index (κ1) is 6.66. The Labute approximate surface area is 58.4 Å². The highest BCUT2D eigenvalue weighted by atomic mass is 32.2. The first-order valence-corrected chi connectivity index (χ1v) is 3.99. The molecule has 1 heterocycles. The summed E-state index contributed by atoms with van der Waals surface area (Å²) in [5.74, 6) is 0. The van der Waals surface area contributed by atoms with Crippen LogP contribution in [0.4, 0.5) is 5.00 Å². The summed E-state index contributed by atoms with van der Waals surface area (Å²) in [4.78, 5) is 3.66. The average Bonchev–Trinajstić information content (AvgIpc) is 2.15. The number of aromatic nitrogens is 1. The fourth-order valence-corrected chi connectivity index (χ4v) is 1.32. The van der Waals surface area contributed by atoms with E-state index < -0.39 is 11.3 Å². The summed E-state index contributed by atoms with van der Waals surface area (Å²) in [6.07, 6.45) is 1.44. The van der Waals surface area contributed by atoms with Crippen molar-refractivity contribution in [2.75, 3.05) is 4.72 Å². The zero-order chi connectivity index (χ0) is 6.69. The quantitative estimate of drug-likeness (QED) is 0.640. The number of hydrogen-bond acceptors (Lipinski definition) is 4. The topological polar surface area (TPSA) is 65.0 Å². The molecule has 50 valence electrons. The van der Waals surface area contributed by atoms with Gasteiger partial charge in [0.2, 0.25) is 0 Å². The summed E-state index contributed by atoms with van der Waals surface area (Å²) in [6, 6.07) is 0. The molecule has 0 bridgehead atoms. The van der Waals surface area contributed by atoms with Crippen LogP contribution in [0.25, 0.3) is 0 Å². The van der Waals surface area contributed by atoms with Gasteiger partial charge in [-0.1, -0.05) is 0 Å². The number of nitrogens with one attached hydrogen (secondary N) is 1. The zero-order valence-electron chi connectivity index (χ0n) is 4.23. The van der Waals surface area contributed by atoms with Crippen molar-refractivity contribution in [3.63, 3.8) is 0 Å². The van der Waals surface area contributed by atoms with Gasteiger partial charge in [0.25, 0.3) is 0 Å². The molecular formula is C3H3N2O2S2-. The summed E-state index contributed by atoms with van der Waals surface area (Å²) >= 11 is -0.989. The maximum Gasteiger partial charge on any atom is 0.119 e. The summed E-state index contributed by atoms with van der Waals surface area (Å²) in [5, 5.41) is 0.531. The van der Waals surface area contributed by atoms with Crippen LogP contribution in [-0.2, 0) is 11.3 Å². The minimum atomic E-state index is -2.22. The molecule has 1 rings (SSSR count). The highest BCUT2D eigenvalue weighted by Gasteiger charge is 1.88. The van der Waals surface area contributed by atoms with E-state index >= 15 is 0 Å². The van der Waals surface area contributed by atoms with E-state index in [9.17, 15) is 8.76 Å². The predicted molar refractivity (Wildman–Crippen MR) is 34.7 cm³/mol. The molecule has 0 saturated heterocycles. The molecule has 0 aliphatic carbocycles. The Morgan fingerprint density at radius 2 is 2.67 bits per heavy atom. The van der Waals surface area contributed by atoms with Crippen LogP contribution in [0, 0.1) is 0 Å². The monoisotopic (exact) mass is 163 g/mol. The van der Waals surface area contributed by atoms with Gasteiger partial charge in [-0.3, -0.25) is 9.19 Å². The zero-order valence-corrected chi connectivity index (χ0v) is 5.87. The average molecular weight is 163 g/mol. The van der Waals surface area contributed by atoms with Gasteiger partial charge >= 0.3 is 0 Å². The number of hydrogen-bond donors (Lipinski definition) is 1. The third-order valence-corrected chi connectivity index (χ3v) is 1.82. The predicted octanol–water partition coefficient (Wildman–Crippen LogP) is 0.349. The van der Waals surface area contributed by atoms with Gasteiger partial charge in [0, 0.05) is 11.3 Å². The van der Waals surface area contributed by atoms with E-state index in [-0.39, 0.29) is 0 Å². The summed E-state index contributed by atoms with van der Waals surface area (Å²) < 4.78 is 22.0. The Bertz CT molecular complexity index is 198. The van der Waals surface area contributed by atoms with E-state index in [0.29, 0.717) is 5.00 Å². The van der Waals surface area contributed by atoms with Crippen molar-refractivity contribution in [1.29, 1.82) is 0 Å². The van der Waals surface area contributed by atoms with E-state index in [2.05, 4.69) is 9.71 Å². The van der Waals surface area contributed by atoms with E-state index in [1.54, 1.807) is 5.51 Å². The summed E-state index contributed by atoms with van der Waals surface area (Å²) in [7, 11) is 0. The van der Waals surface area contributed by atoms with Crippen LogP contribution in [0.3, 0.4) is 0 Å². The molecule has 1 atom stereocenters. The highest BCUT2D eigenvalue weighted by Crippen LogP contribution is 2.11. The van der Waals surface area contributed by atoms with E-state index in [4.69, 9.17) is 0 Å². The third-order valence-electron chi connectivity index (χ3n) is 0.616. The highest BCUT2D eigenvalue weighted by molar-refractivity contribution is 7.80. The molecule has 0 aromatic carbocycles. The Morgan fingerprint density at radius 1 is 1.89 bits per heavy atom. The molecular weight excluding hydrogens is 160 g/mol. The van der Waals surface area contributed by atoms with Crippen molar-refractivity contribution < 1.29 is 8.76 Å². The molecule has 0 radical (unpaired) electrons. The molecule has 1 unspecified atom stereocenters. The van der Waals surface area contributed by atoms with Gasteiger partial charge in [0.15, 0.2) is 0 Å². The standard InChI is InChI=1S/C3H4N2O2S2/c6-9(7)5-3-1-4-2-8-3/h1-2,5H,(H,6,7)/p-1. The smallest absolute Gasteiger partial charge is 0.119 e. The second kappa shape index (κ2) is 2.90. The van der Waals surface area contributed by atoms with Crippen LogP contribution in [0.2, 0.25) is 0 Å². The van der Waals surface area contributed by atoms with Crippen molar-refractivity contribution in [2.45, 2.75) is 0 Å². The Kier molecular flexibility index (Phi) is 2.15. The molecule has 1 aromatic heterocycles. The van der Waals surface area contributed by atoms with Crippen molar-refractivity contribution in [3.8, 4) is 0 Å². The molecule has 0 amide bonds. The van der Waals surface area contributed by atoms with Crippen LogP contribution < -0.4 is 4.72 Å². The van der Waals surface area contributed by atoms with Crippen molar-refractivity contribution >= 4 is 27.6 Å². The number of anilines is 1. The largest absolute Gasteiger partial charge is 0.755 e. The summed E-state index contributed by atoms with van der Waals surface area (Å²) in [5.41, 5.74) is 1.55. The van der Waals surface area contributed by atoms with E-state index in [1.807, 2.05) is 0 Å². The van der Waals surface area contributed by atoms with E-state index in [0.717, 1.165) is 0 Å². The second-order valence-corrected chi connectivity index (χ2v) is 2.76. The van der Waals surface area contributed by atoms with Gasteiger partial charge < -0.3 is 9.27 Å². The van der Waals surface area contributed by atoms with Gasteiger partial charge in [-0.2, -0.15) is 0 Å². The SMILES string of the molecule is O=S([O-])Nc1cncs1. The maximum absolute atomic E-state index is 9.93. The van der Waals surface area contributed by atoms with Gasteiger partial charge in [0.05, 0.1) is 11.7 Å². The summed E-state index contributed by atoms with van der Waals surface area (Å²) in [6.45, 7) is 0. The van der Waals surface area contributed by atoms with Gasteiger partial charge in [-0.05, 0) is 0 Å². The van der Waals surface area contributed by atoms with Crippen molar-refractivity contribution in [1.82, 2.24) is 4.98 Å². The molecule has 9 heavy (non-hydrogen) atoms. The Balaban J connectivity index is 2.58. The normalized spacial score (nSPS) is 13.0. The lowest BCUT2D eigenvalue weighted by atomic mass is 10.9. The maximum atomic E-state index is 9.93. The fourth-order valence-electron chi connectivity index (χ4n) is 0.348. The van der Waals surface area contributed by atoms with Crippen LogP contribution in [-0.4, -0.2) is 13.7 Å². The molecule has 0 aliphatic heterocycles. The molecule has 6 heteroatoms. The van der Waals surface area contributed by atoms with Crippen LogP contribution in [0.5, 0.6) is 0 Å². The van der Waals surface area contributed by atoms with Crippen LogP contribution in [0.1, 0.15) is 0 Å². The van der Waals surface area contributed by atoms with E-state index in [1.165, 1.54) is 17.5 Å². The lowest BCUT2D eigenvalue weighted by Gasteiger charge is -2.02. The first-order valence-electron chi connectivity index (χ1n) is 2.03. The molecule has 0 saturated carbocycles. The number of nitrogens with zero attached hydrogens (tertiary/aromatic N) is 1.